The third-order valence-electron chi connectivity index (χ3n) is 4.72. The van der Waals surface area contributed by atoms with Gasteiger partial charge >= 0.3 is 0 Å². The molecule has 1 fully saturated rings. The van der Waals surface area contributed by atoms with E-state index in [0.717, 1.165) is 58.0 Å². The van der Waals surface area contributed by atoms with Gasteiger partial charge in [0.2, 0.25) is 0 Å². The van der Waals surface area contributed by atoms with E-state index < -0.39 is 0 Å². The summed E-state index contributed by atoms with van der Waals surface area (Å²) in [5, 5.41) is 4.62. The van der Waals surface area contributed by atoms with E-state index in [0.29, 0.717) is 0 Å². The number of benzene rings is 1. The van der Waals surface area contributed by atoms with Crippen LogP contribution < -0.4 is 0 Å². The van der Waals surface area contributed by atoms with Crippen molar-refractivity contribution in [2.75, 3.05) is 39.5 Å². The highest BCUT2D eigenvalue weighted by Crippen LogP contribution is 2.31. The molecule has 5 heteroatoms. The first kappa shape index (κ1) is 14.9. The number of hydrogen-bond acceptors (Lipinski definition) is 4. The lowest BCUT2D eigenvalue weighted by atomic mass is 10.0. The number of aromatic nitrogens is 2. The molecule has 1 saturated heterocycles. The van der Waals surface area contributed by atoms with Gasteiger partial charge in [-0.15, -0.1) is 0 Å². The minimum atomic E-state index is 0.166. The molecule has 0 spiro atoms. The number of hydrogen-bond donors (Lipinski definition) is 0. The molecule has 2 aliphatic rings. The number of fused-ring (bicyclic) bond motifs is 1. The van der Waals surface area contributed by atoms with Gasteiger partial charge in [-0.3, -0.25) is 4.90 Å². The van der Waals surface area contributed by atoms with E-state index in [1.54, 1.807) is 0 Å². The van der Waals surface area contributed by atoms with E-state index in [4.69, 9.17) is 9.47 Å². The van der Waals surface area contributed by atoms with Gasteiger partial charge in [-0.05, 0) is 18.6 Å². The van der Waals surface area contributed by atoms with Gasteiger partial charge in [-0.25, -0.2) is 4.68 Å². The van der Waals surface area contributed by atoms with Crippen molar-refractivity contribution in [3.8, 4) is 5.69 Å². The third kappa shape index (κ3) is 3.17. The van der Waals surface area contributed by atoms with Gasteiger partial charge in [-0.1, -0.05) is 18.2 Å². The van der Waals surface area contributed by atoms with Crippen molar-refractivity contribution >= 4 is 0 Å². The van der Waals surface area contributed by atoms with E-state index in [1.165, 1.54) is 11.3 Å². The molecule has 2 aliphatic heterocycles. The Labute approximate surface area is 136 Å². The second-order valence-corrected chi connectivity index (χ2v) is 6.15. The lowest BCUT2D eigenvalue weighted by molar-refractivity contribution is 0.00702. The second kappa shape index (κ2) is 6.83. The lowest BCUT2D eigenvalue weighted by Crippen LogP contribution is -2.37. The van der Waals surface area contributed by atoms with Crippen molar-refractivity contribution in [3.05, 3.63) is 47.8 Å². The van der Waals surface area contributed by atoms with Gasteiger partial charge in [0, 0.05) is 31.6 Å². The van der Waals surface area contributed by atoms with Crippen molar-refractivity contribution in [3.63, 3.8) is 0 Å². The Hall–Kier alpha value is -1.69. The van der Waals surface area contributed by atoms with Crippen LogP contribution in [0.3, 0.4) is 0 Å². The summed E-state index contributed by atoms with van der Waals surface area (Å²) in [6.07, 6.45) is 4.11. The summed E-state index contributed by atoms with van der Waals surface area (Å²) >= 11 is 0. The SMILES string of the molecule is c1ccc(-n2ncc3c2CCOC3CCN2CCOCC2)cc1. The van der Waals surface area contributed by atoms with Crippen LogP contribution in [-0.4, -0.2) is 54.1 Å². The molecule has 1 atom stereocenters. The molecule has 0 bridgehead atoms. The molecule has 4 rings (SSSR count). The summed E-state index contributed by atoms with van der Waals surface area (Å²) in [4.78, 5) is 2.46. The zero-order valence-electron chi connectivity index (χ0n) is 13.4. The van der Waals surface area contributed by atoms with Crippen molar-refractivity contribution in [1.82, 2.24) is 14.7 Å². The monoisotopic (exact) mass is 313 g/mol. The Morgan fingerprint density at radius 1 is 1.09 bits per heavy atom. The average molecular weight is 313 g/mol. The van der Waals surface area contributed by atoms with E-state index in [2.05, 4.69) is 38.9 Å². The first-order chi connectivity index (χ1) is 11.4. The smallest absolute Gasteiger partial charge is 0.0870 e. The summed E-state index contributed by atoms with van der Waals surface area (Å²) < 4.78 is 13.5. The molecule has 2 aromatic rings. The maximum Gasteiger partial charge on any atom is 0.0870 e. The van der Waals surface area contributed by atoms with Crippen molar-refractivity contribution < 1.29 is 9.47 Å². The summed E-state index contributed by atoms with van der Waals surface area (Å²) in [7, 11) is 0. The quantitative estimate of drug-likeness (QED) is 0.867. The van der Waals surface area contributed by atoms with E-state index in [9.17, 15) is 0 Å². The van der Waals surface area contributed by atoms with E-state index >= 15 is 0 Å². The van der Waals surface area contributed by atoms with Crippen LogP contribution in [0.15, 0.2) is 36.5 Å². The molecule has 5 nitrogen and oxygen atoms in total. The summed E-state index contributed by atoms with van der Waals surface area (Å²) in [5.74, 6) is 0. The lowest BCUT2D eigenvalue weighted by Gasteiger charge is -2.29. The van der Waals surface area contributed by atoms with Gasteiger partial charge in [0.05, 0.1) is 43.5 Å². The molecule has 0 amide bonds. The van der Waals surface area contributed by atoms with Crippen LogP contribution >= 0.6 is 0 Å². The fraction of sp³-hybridized carbons (Fsp3) is 0.500. The van der Waals surface area contributed by atoms with Crippen LogP contribution in [0.2, 0.25) is 0 Å². The van der Waals surface area contributed by atoms with Crippen molar-refractivity contribution in [2.24, 2.45) is 0 Å². The third-order valence-corrected chi connectivity index (χ3v) is 4.72. The fourth-order valence-corrected chi connectivity index (χ4v) is 3.45. The van der Waals surface area contributed by atoms with Crippen molar-refractivity contribution in [2.45, 2.75) is 18.9 Å². The van der Waals surface area contributed by atoms with Crippen LogP contribution in [0.4, 0.5) is 0 Å². The van der Waals surface area contributed by atoms with E-state index in [-0.39, 0.29) is 6.10 Å². The van der Waals surface area contributed by atoms with Gasteiger partial charge in [0.25, 0.3) is 0 Å². The highest BCUT2D eigenvalue weighted by molar-refractivity contribution is 5.36. The number of rotatable bonds is 4. The molecular weight excluding hydrogens is 290 g/mol. The zero-order chi connectivity index (χ0) is 15.5. The molecule has 1 aromatic carbocycles. The Morgan fingerprint density at radius 2 is 1.91 bits per heavy atom. The van der Waals surface area contributed by atoms with Crippen LogP contribution in [-0.2, 0) is 15.9 Å². The Bertz CT molecular complexity index is 635. The first-order valence-electron chi connectivity index (χ1n) is 8.46. The Kier molecular flexibility index (Phi) is 4.41. The van der Waals surface area contributed by atoms with Crippen LogP contribution in [0.5, 0.6) is 0 Å². The predicted molar refractivity (Wildman–Crippen MR) is 87.8 cm³/mol. The topological polar surface area (TPSA) is 39.5 Å². The normalized spacial score (nSPS) is 22.0. The van der Waals surface area contributed by atoms with Crippen molar-refractivity contribution in [1.29, 1.82) is 0 Å². The van der Waals surface area contributed by atoms with Crippen LogP contribution in [0.25, 0.3) is 5.69 Å². The van der Waals surface area contributed by atoms with Crippen LogP contribution in [0.1, 0.15) is 23.8 Å². The second-order valence-electron chi connectivity index (χ2n) is 6.15. The Morgan fingerprint density at radius 3 is 2.74 bits per heavy atom. The van der Waals surface area contributed by atoms with Gasteiger partial charge in [-0.2, -0.15) is 5.10 Å². The average Bonchev–Trinajstić information content (AvgIpc) is 3.06. The van der Waals surface area contributed by atoms with Gasteiger partial charge in [0.15, 0.2) is 0 Å². The molecule has 23 heavy (non-hydrogen) atoms. The maximum absolute atomic E-state index is 6.03. The molecule has 1 unspecified atom stereocenters. The molecule has 0 aliphatic carbocycles. The molecule has 3 heterocycles. The molecular formula is C18H23N3O2. The fourth-order valence-electron chi connectivity index (χ4n) is 3.45. The maximum atomic E-state index is 6.03. The first-order valence-corrected chi connectivity index (χ1v) is 8.46. The molecule has 1 aromatic heterocycles. The highest BCUT2D eigenvalue weighted by atomic mass is 16.5. The largest absolute Gasteiger partial charge is 0.379 e. The highest BCUT2D eigenvalue weighted by Gasteiger charge is 2.26. The summed E-state index contributed by atoms with van der Waals surface area (Å²) in [6, 6.07) is 10.3. The minimum absolute atomic E-state index is 0.166. The molecule has 0 radical (unpaired) electrons. The molecule has 0 N–H and O–H groups in total. The molecule has 122 valence electrons. The molecule has 0 saturated carbocycles. The van der Waals surface area contributed by atoms with Gasteiger partial charge < -0.3 is 9.47 Å². The number of morpholine rings is 1. The van der Waals surface area contributed by atoms with E-state index in [1.807, 2.05) is 12.3 Å². The number of ether oxygens (including phenoxy) is 2. The van der Waals surface area contributed by atoms with Crippen LogP contribution in [0, 0.1) is 0 Å². The Balaban J connectivity index is 1.49. The standard InChI is InChI=1S/C18H23N3O2/c1-2-4-15(5-3-1)21-17-7-11-23-18(16(17)14-19-21)6-8-20-9-12-22-13-10-20/h1-5,14,18H,6-13H2. The zero-order valence-corrected chi connectivity index (χ0v) is 13.4. The number of nitrogens with zero attached hydrogens (tertiary/aromatic N) is 3. The predicted octanol–water partition coefficient (Wildman–Crippen LogP) is 2.21. The number of para-hydroxylation sites is 1. The van der Waals surface area contributed by atoms with Gasteiger partial charge in [0.1, 0.15) is 0 Å². The summed E-state index contributed by atoms with van der Waals surface area (Å²) in [5.41, 5.74) is 3.69. The minimum Gasteiger partial charge on any atom is -0.379 e. The summed E-state index contributed by atoms with van der Waals surface area (Å²) in [6.45, 7) is 5.60.